The third kappa shape index (κ3) is 4.46. The number of benzene rings is 2. The van der Waals surface area contributed by atoms with Crippen molar-refractivity contribution in [1.82, 2.24) is 10.2 Å². The molecule has 1 amide bonds. The lowest BCUT2D eigenvalue weighted by Crippen LogP contribution is -2.51. The summed E-state index contributed by atoms with van der Waals surface area (Å²) in [5, 5.41) is 3.34. The molecule has 0 saturated carbocycles. The van der Waals surface area contributed by atoms with Crippen molar-refractivity contribution in [2.24, 2.45) is 5.92 Å². The van der Waals surface area contributed by atoms with Crippen LogP contribution in [0.3, 0.4) is 0 Å². The Morgan fingerprint density at radius 3 is 2.33 bits per heavy atom. The lowest BCUT2D eigenvalue weighted by Gasteiger charge is -2.43. The molecule has 0 fully saturated rings. The van der Waals surface area contributed by atoms with Crippen LogP contribution >= 0.6 is 0 Å². The van der Waals surface area contributed by atoms with Gasteiger partial charge in [-0.15, -0.1) is 0 Å². The molecule has 5 heteroatoms. The Morgan fingerprint density at radius 1 is 1.13 bits per heavy atom. The van der Waals surface area contributed by atoms with Crippen LogP contribution in [0.5, 0.6) is 11.5 Å². The predicted octanol–water partition coefficient (Wildman–Crippen LogP) is 4.39. The fourth-order valence-corrected chi connectivity index (χ4v) is 4.35. The molecule has 1 aliphatic heterocycles. The van der Waals surface area contributed by atoms with Gasteiger partial charge in [0.1, 0.15) is 0 Å². The summed E-state index contributed by atoms with van der Waals surface area (Å²) in [4.78, 5) is 15.5. The summed E-state index contributed by atoms with van der Waals surface area (Å²) < 4.78 is 11.1. The maximum absolute atomic E-state index is 13.1. The molecule has 5 nitrogen and oxygen atoms in total. The van der Waals surface area contributed by atoms with E-state index in [2.05, 4.69) is 43.1 Å². The molecule has 2 unspecified atom stereocenters. The molecule has 0 radical (unpaired) electrons. The van der Waals surface area contributed by atoms with E-state index in [4.69, 9.17) is 9.47 Å². The third-order valence-corrected chi connectivity index (χ3v) is 6.10. The average Bonchev–Trinajstić information content (AvgIpc) is 2.75. The summed E-state index contributed by atoms with van der Waals surface area (Å²) in [6.45, 7) is 10.4. The van der Waals surface area contributed by atoms with Gasteiger partial charge in [0.05, 0.1) is 26.3 Å². The SMILES string of the molecule is CCN1CCc2cc(OC)c(OC)cc2C1C(NC(=O)c1ccc(C)cc1)C(C)C. The van der Waals surface area contributed by atoms with E-state index in [1.807, 2.05) is 31.2 Å². The highest BCUT2D eigenvalue weighted by Gasteiger charge is 2.36. The van der Waals surface area contributed by atoms with Crippen LogP contribution in [-0.2, 0) is 6.42 Å². The first-order valence-corrected chi connectivity index (χ1v) is 10.8. The Labute approximate surface area is 180 Å². The highest BCUT2D eigenvalue weighted by Crippen LogP contribution is 2.40. The molecule has 3 rings (SSSR count). The van der Waals surface area contributed by atoms with Gasteiger partial charge in [-0.25, -0.2) is 0 Å². The van der Waals surface area contributed by atoms with E-state index >= 15 is 0 Å². The number of carbonyl (C=O) groups is 1. The molecule has 162 valence electrons. The Kier molecular flexibility index (Phi) is 7.03. The lowest BCUT2D eigenvalue weighted by molar-refractivity contribution is 0.0834. The van der Waals surface area contributed by atoms with E-state index in [1.165, 1.54) is 11.1 Å². The van der Waals surface area contributed by atoms with Crippen LogP contribution in [0.15, 0.2) is 36.4 Å². The molecule has 30 heavy (non-hydrogen) atoms. The number of ether oxygens (including phenoxy) is 2. The van der Waals surface area contributed by atoms with Crippen molar-refractivity contribution in [3.05, 3.63) is 58.7 Å². The first-order valence-electron chi connectivity index (χ1n) is 10.8. The molecule has 0 spiro atoms. The third-order valence-electron chi connectivity index (χ3n) is 6.10. The number of amides is 1. The molecule has 1 aliphatic rings. The minimum absolute atomic E-state index is 0.0302. The molecular weight excluding hydrogens is 376 g/mol. The van der Waals surface area contributed by atoms with Gasteiger partial charge in [0.25, 0.3) is 5.91 Å². The van der Waals surface area contributed by atoms with E-state index in [0.29, 0.717) is 5.56 Å². The molecule has 2 aromatic carbocycles. The fourth-order valence-electron chi connectivity index (χ4n) is 4.35. The zero-order chi connectivity index (χ0) is 21.8. The van der Waals surface area contributed by atoms with Crippen LogP contribution in [0.25, 0.3) is 0 Å². The number of carbonyl (C=O) groups excluding carboxylic acids is 1. The molecule has 0 bridgehead atoms. The summed E-state index contributed by atoms with van der Waals surface area (Å²) in [6.07, 6.45) is 0.955. The second-order valence-corrected chi connectivity index (χ2v) is 8.34. The van der Waals surface area contributed by atoms with Crippen LogP contribution in [0.2, 0.25) is 0 Å². The maximum atomic E-state index is 13.1. The summed E-state index contributed by atoms with van der Waals surface area (Å²) in [7, 11) is 3.33. The van der Waals surface area contributed by atoms with Gasteiger partial charge in [-0.3, -0.25) is 9.69 Å². The number of nitrogens with zero attached hydrogens (tertiary/aromatic N) is 1. The number of rotatable bonds is 7. The minimum Gasteiger partial charge on any atom is -0.493 e. The van der Waals surface area contributed by atoms with E-state index in [9.17, 15) is 4.79 Å². The van der Waals surface area contributed by atoms with Crippen molar-refractivity contribution in [2.75, 3.05) is 27.3 Å². The summed E-state index contributed by atoms with van der Waals surface area (Å²) >= 11 is 0. The van der Waals surface area contributed by atoms with Gasteiger partial charge < -0.3 is 14.8 Å². The first kappa shape index (κ1) is 22.2. The summed E-state index contributed by atoms with van der Waals surface area (Å²) in [5.41, 5.74) is 4.31. The van der Waals surface area contributed by atoms with E-state index in [0.717, 1.165) is 36.6 Å². The van der Waals surface area contributed by atoms with E-state index < -0.39 is 0 Å². The summed E-state index contributed by atoms with van der Waals surface area (Å²) in [5.74, 6) is 1.71. The Bertz CT molecular complexity index is 877. The topological polar surface area (TPSA) is 50.8 Å². The van der Waals surface area contributed by atoms with E-state index in [1.54, 1.807) is 14.2 Å². The van der Waals surface area contributed by atoms with Crippen molar-refractivity contribution in [2.45, 2.75) is 46.2 Å². The zero-order valence-corrected chi connectivity index (χ0v) is 19.0. The smallest absolute Gasteiger partial charge is 0.251 e. The van der Waals surface area contributed by atoms with Gasteiger partial charge in [-0.2, -0.15) is 0 Å². The molecular formula is C25H34N2O3. The number of methoxy groups -OCH3 is 2. The molecule has 1 N–H and O–H groups in total. The number of aryl methyl sites for hydroxylation is 1. The number of fused-ring (bicyclic) bond motifs is 1. The van der Waals surface area contributed by atoms with Crippen molar-refractivity contribution >= 4 is 5.91 Å². The van der Waals surface area contributed by atoms with Gasteiger partial charge in [0.15, 0.2) is 11.5 Å². The monoisotopic (exact) mass is 410 g/mol. The highest BCUT2D eigenvalue weighted by molar-refractivity contribution is 5.94. The first-order chi connectivity index (χ1) is 14.4. The second-order valence-electron chi connectivity index (χ2n) is 8.34. The zero-order valence-electron chi connectivity index (χ0n) is 19.0. The number of hydrogen-bond acceptors (Lipinski definition) is 4. The van der Waals surface area contributed by atoms with Crippen LogP contribution in [0.1, 0.15) is 53.9 Å². The molecule has 2 aromatic rings. The van der Waals surface area contributed by atoms with Gasteiger partial charge in [0, 0.05) is 12.1 Å². The number of hydrogen-bond donors (Lipinski definition) is 1. The molecule has 0 aliphatic carbocycles. The van der Waals surface area contributed by atoms with E-state index in [-0.39, 0.29) is 23.9 Å². The summed E-state index contributed by atoms with van der Waals surface area (Å²) in [6, 6.07) is 12.0. The van der Waals surface area contributed by atoms with Crippen molar-refractivity contribution < 1.29 is 14.3 Å². The fraction of sp³-hybridized carbons (Fsp3) is 0.480. The quantitative estimate of drug-likeness (QED) is 0.736. The second kappa shape index (κ2) is 9.52. The number of likely N-dealkylation sites (N-methyl/N-ethyl adjacent to an activating group) is 1. The molecule has 1 heterocycles. The van der Waals surface area contributed by atoms with Crippen LogP contribution in [0.4, 0.5) is 0 Å². The van der Waals surface area contributed by atoms with Crippen LogP contribution in [-0.4, -0.2) is 44.2 Å². The molecule has 0 aromatic heterocycles. The highest BCUT2D eigenvalue weighted by atomic mass is 16.5. The Morgan fingerprint density at radius 2 is 1.77 bits per heavy atom. The Balaban J connectivity index is 2.00. The van der Waals surface area contributed by atoms with Gasteiger partial charge in [0.2, 0.25) is 0 Å². The molecule has 2 atom stereocenters. The normalized spacial score (nSPS) is 17.4. The van der Waals surface area contributed by atoms with Gasteiger partial charge in [-0.1, -0.05) is 38.5 Å². The van der Waals surface area contributed by atoms with Gasteiger partial charge in [-0.05, 0) is 61.2 Å². The van der Waals surface area contributed by atoms with Crippen molar-refractivity contribution in [3.63, 3.8) is 0 Å². The van der Waals surface area contributed by atoms with Crippen molar-refractivity contribution in [3.8, 4) is 11.5 Å². The lowest BCUT2D eigenvalue weighted by atomic mass is 9.83. The largest absolute Gasteiger partial charge is 0.493 e. The number of nitrogens with one attached hydrogen (secondary N) is 1. The maximum Gasteiger partial charge on any atom is 0.251 e. The minimum atomic E-state index is -0.0316. The standard InChI is InChI=1S/C25H34N2O3/c1-7-27-13-12-19-14-21(29-5)22(30-6)15-20(19)24(27)23(16(2)3)26-25(28)18-10-8-17(4)9-11-18/h8-11,14-16,23-24H,7,12-13H2,1-6H3,(H,26,28). The van der Waals surface area contributed by atoms with Gasteiger partial charge >= 0.3 is 0 Å². The van der Waals surface area contributed by atoms with Crippen LogP contribution in [0, 0.1) is 12.8 Å². The average molecular weight is 411 g/mol. The van der Waals surface area contributed by atoms with Crippen molar-refractivity contribution in [1.29, 1.82) is 0 Å². The Hall–Kier alpha value is -2.53. The molecule has 0 saturated heterocycles. The predicted molar refractivity (Wildman–Crippen MR) is 121 cm³/mol. The van der Waals surface area contributed by atoms with Crippen LogP contribution < -0.4 is 14.8 Å².